The molecule has 1 aromatic rings. The summed E-state index contributed by atoms with van der Waals surface area (Å²) < 4.78 is 5.80. The number of hydrogen-bond acceptors (Lipinski definition) is 7. The highest BCUT2D eigenvalue weighted by Gasteiger charge is 2.54. The molecule has 2 aliphatic rings. The average molecular weight is 445 g/mol. The fourth-order valence-corrected chi connectivity index (χ4v) is 4.61. The highest BCUT2D eigenvalue weighted by Crippen LogP contribution is 2.38. The number of rotatable bonds is 7. The van der Waals surface area contributed by atoms with Crippen LogP contribution in [0.25, 0.3) is 0 Å². The van der Waals surface area contributed by atoms with Crippen LogP contribution in [0.5, 0.6) is 0 Å². The predicted octanol–water partition coefficient (Wildman–Crippen LogP) is 1.15. The number of allylic oxidation sites excluding steroid dienone is 1. The molecule has 1 N–H and O–H groups in total. The van der Waals surface area contributed by atoms with Crippen LogP contribution in [-0.2, 0) is 35.1 Å². The molecule has 10 heteroatoms. The van der Waals surface area contributed by atoms with E-state index in [-0.39, 0.29) is 42.7 Å². The smallest absolute Gasteiger partial charge is 0.354 e. The van der Waals surface area contributed by atoms with E-state index in [1.807, 2.05) is 6.07 Å². The molecule has 0 spiro atoms. The van der Waals surface area contributed by atoms with E-state index in [2.05, 4.69) is 5.32 Å². The molecule has 2 atom stereocenters. The van der Waals surface area contributed by atoms with Crippen LogP contribution in [0.2, 0.25) is 0 Å². The summed E-state index contributed by atoms with van der Waals surface area (Å²) in [6, 6.07) is 8.03. The van der Waals surface area contributed by atoms with Gasteiger partial charge in [-0.05, 0) is 36.9 Å². The number of β-lactam (4-membered cyclic amide) rings is 1. The molecule has 0 bridgehead atoms. The summed E-state index contributed by atoms with van der Waals surface area (Å²) in [6.45, 7) is 3.30. The number of carbonyl (C=O) groups excluding carboxylic acids is 5. The first-order valence-electron chi connectivity index (χ1n) is 9.69. The molecular formula is C21H23N3O6S. The topological polar surface area (TPSA) is 113 Å². The van der Waals surface area contributed by atoms with E-state index in [1.54, 1.807) is 38.1 Å². The fourth-order valence-electron chi connectivity index (χ4n) is 3.37. The first kappa shape index (κ1) is 22.5. The summed E-state index contributed by atoms with van der Waals surface area (Å²) in [4.78, 5) is 63.1. The van der Waals surface area contributed by atoms with Gasteiger partial charge in [-0.1, -0.05) is 30.3 Å². The van der Waals surface area contributed by atoms with Gasteiger partial charge in [0.05, 0.1) is 13.5 Å². The van der Waals surface area contributed by atoms with Crippen molar-refractivity contribution in [3.63, 3.8) is 0 Å². The second kappa shape index (κ2) is 9.34. The predicted molar refractivity (Wildman–Crippen MR) is 112 cm³/mol. The first-order chi connectivity index (χ1) is 14.7. The van der Waals surface area contributed by atoms with Crippen LogP contribution in [0.15, 0.2) is 41.6 Å². The number of likely N-dealkylation sites (tertiary alicyclic amines) is 1. The fraction of sp³-hybridized carbons (Fsp3) is 0.381. The van der Waals surface area contributed by atoms with Gasteiger partial charge in [0, 0.05) is 12.8 Å². The van der Waals surface area contributed by atoms with E-state index in [0.29, 0.717) is 5.57 Å². The monoisotopic (exact) mass is 445 g/mol. The van der Waals surface area contributed by atoms with E-state index in [0.717, 1.165) is 21.8 Å². The van der Waals surface area contributed by atoms with E-state index >= 15 is 0 Å². The molecule has 2 heterocycles. The average Bonchev–Trinajstić information content (AvgIpc) is 3.06. The Hall–Kier alpha value is -3.14. The van der Waals surface area contributed by atoms with Crippen molar-refractivity contribution in [1.82, 2.24) is 14.5 Å². The number of benzene rings is 1. The summed E-state index contributed by atoms with van der Waals surface area (Å²) in [5.41, 5.74) is 1.33. The van der Waals surface area contributed by atoms with Gasteiger partial charge in [-0.2, -0.15) is 0 Å². The molecule has 2 aliphatic heterocycles. The van der Waals surface area contributed by atoms with Crippen molar-refractivity contribution in [3.8, 4) is 0 Å². The Morgan fingerprint density at radius 1 is 1.10 bits per heavy atom. The molecule has 164 valence electrons. The molecule has 31 heavy (non-hydrogen) atoms. The van der Waals surface area contributed by atoms with E-state index in [1.165, 1.54) is 12.0 Å². The minimum atomic E-state index is -0.999. The zero-order valence-electron chi connectivity index (χ0n) is 17.4. The Balaban J connectivity index is 1.83. The normalized spacial score (nSPS) is 20.4. The summed E-state index contributed by atoms with van der Waals surface area (Å²) >= 11 is 0.835. The van der Waals surface area contributed by atoms with Gasteiger partial charge in [-0.3, -0.25) is 24.1 Å². The van der Waals surface area contributed by atoms with Gasteiger partial charge in [0.1, 0.15) is 17.1 Å². The molecular weight excluding hydrogens is 422 g/mol. The molecule has 9 nitrogen and oxygen atoms in total. The van der Waals surface area contributed by atoms with E-state index in [9.17, 15) is 24.0 Å². The maximum atomic E-state index is 12.9. The zero-order valence-corrected chi connectivity index (χ0v) is 18.2. The molecule has 0 saturated carbocycles. The van der Waals surface area contributed by atoms with Gasteiger partial charge in [-0.15, -0.1) is 0 Å². The molecule has 2 unspecified atom stereocenters. The van der Waals surface area contributed by atoms with Crippen molar-refractivity contribution in [2.75, 3.05) is 7.11 Å². The largest absolute Gasteiger partial charge is 0.464 e. The molecule has 1 aromatic carbocycles. The summed E-state index contributed by atoms with van der Waals surface area (Å²) in [5.74, 6) is -2.36. The van der Waals surface area contributed by atoms with Crippen molar-refractivity contribution in [1.29, 1.82) is 0 Å². The number of ether oxygens (including phenoxy) is 1. The highest BCUT2D eigenvalue weighted by atomic mass is 32.2. The van der Waals surface area contributed by atoms with Crippen molar-refractivity contribution < 1.29 is 28.7 Å². The van der Waals surface area contributed by atoms with Crippen LogP contribution in [0.1, 0.15) is 32.3 Å². The lowest BCUT2D eigenvalue weighted by Gasteiger charge is -2.47. The number of methoxy groups -OCH3 is 1. The van der Waals surface area contributed by atoms with Crippen molar-refractivity contribution in [3.05, 3.63) is 47.2 Å². The Kier molecular flexibility index (Phi) is 6.79. The summed E-state index contributed by atoms with van der Waals surface area (Å²) in [6.07, 6.45) is 0.240. The van der Waals surface area contributed by atoms with Gasteiger partial charge in [0.15, 0.2) is 0 Å². The number of hydrogen-bond donors (Lipinski definition) is 1. The van der Waals surface area contributed by atoms with Crippen LogP contribution >= 0.6 is 11.9 Å². The van der Waals surface area contributed by atoms with Crippen LogP contribution in [0.4, 0.5) is 0 Å². The lowest BCUT2D eigenvalue weighted by Crippen LogP contribution is -2.70. The first-order valence-corrected chi connectivity index (χ1v) is 10.5. The molecule has 3 rings (SSSR count). The molecule has 2 fully saturated rings. The SMILES string of the molecule is COC(=O)C(=C(C)C)N1C(=O)C(NC(=O)Cc2ccccc2)C1SN1C(=O)CCC1=O. The van der Waals surface area contributed by atoms with Crippen molar-refractivity contribution in [2.45, 2.75) is 44.5 Å². The second-order valence-corrected chi connectivity index (χ2v) is 8.39. The van der Waals surface area contributed by atoms with Crippen molar-refractivity contribution in [2.24, 2.45) is 0 Å². The molecule has 2 saturated heterocycles. The maximum Gasteiger partial charge on any atom is 0.354 e. The van der Waals surface area contributed by atoms with Gasteiger partial charge in [0.2, 0.25) is 17.7 Å². The van der Waals surface area contributed by atoms with Crippen molar-refractivity contribution >= 4 is 41.5 Å². The molecule has 0 aliphatic carbocycles. The van der Waals surface area contributed by atoms with E-state index < -0.39 is 23.3 Å². The lowest BCUT2D eigenvalue weighted by atomic mass is 10.0. The zero-order chi connectivity index (χ0) is 22.7. The Morgan fingerprint density at radius 3 is 2.26 bits per heavy atom. The molecule has 4 amide bonds. The van der Waals surface area contributed by atoms with Gasteiger partial charge in [-0.25, -0.2) is 9.10 Å². The summed E-state index contributed by atoms with van der Waals surface area (Å²) in [5, 5.41) is 1.83. The molecule has 0 radical (unpaired) electrons. The number of carbonyl (C=O) groups is 5. The highest BCUT2D eigenvalue weighted by molar-refractivity contribution is 7.98. The third kappa shape index (κ3) is 4.63. The number of esters is 1. The van der Waals surface area contributed by atoms with Crippen LogP contribution in [0, 0.1) is 0 Å². The van der Waals surface area contributed by atoms with Crippen LogP contribution < -0.4 is 5.32 Å². The third-order valence-corrected chi connectivity index (χ3v) is 6.20. The van der Waals surface area contributed by atoms with Crippen LogP contribution in [0.3, 0.4) is 0 Å². The van der Waals surface area contributed by atoms with Gasteiger partial charge in [0.25, 0.3) is 5.91 Å². The van der Waals surface area contributed by atoms with Gasteiger partial charge < -0.3 is 10.1 Å². The minimum absolute atomic E-state index is 0.0256. The van der Waals surface area contributed by atoms with Gasteiger partial charge >= 0.3 is 5.97 Å². The second-order valence-electron chi connectivity index (χ2n) is 7.33. The summed E-state index contributed by atoms with van der Waals surface area (Å²) in [7, 11) is 1.20. The number of nitrogens with zero attached hydrogens (tertiary/aromatic N) is 2. The number of nitrogens with one attached hydrogen (secondary N) is 1. The molecule has 0 aromatic heterocycles. The number of amides is 4. The van der Waals surface area contributed by atoms with E-state index in [4.69, 9.17) is 4.74 Å². The Bertz CT molecular complexity index is 941. The minimum Gasteiger partial charge on any atom is -0.464 e. The van der Waals surface area contributed by atoms with Crippen LogP contribution in [-0.4, -0.2) is 57.3 Å². The third-order valence-electron chi connectivity index (χ3n) is 4.88. The lowest BCUT2D eigenvalue weighted by molar-refractivity contribution is -0.151. The Labute approximate surface area is 183 Å². The maximum absolute atomic E-state index is 12.9. The quantitative estimate of drug-likeness (QED) is 0.220. The number of imide groups is 1. The standard InChI is InChI=1S/C21H23N3O6S/c1-12(2)18(21(29)30-3)23-19(28)17(20(23)31-24-15(26)9-10-16(24)27)22-14(25)11-13-7-5-4-6-8-13/h4-8,17,20H,9-11H2,1-3H3,(H,22,25). The Morgan fingerprint density at radius 2 is 1.71 bits per heavy atom.